The number of ether oxygens (including phenoxy) is 1. The van der Waals surface area contributed by atoms with Crippen LogP contribution in [0, 0.1) is 0 Å². The van der Waals surface area contributed by atoms with Crippen LogP contribution in [0.3, 0.4) is 0 Å². The highest BCUT2D eigenvalue weighted by Crippen LogP contribution is 2.23. The number of sulfonamides is 1. The first-order chi connectivity index (χ1) is 10.7. The minimum absolute atomic E-state index is 0.104. The number of rotatable bonds is 6. The summed E-state index contributed by atoms with van der Waals surface area (Å²) in [5, 5.41) is 7.23. The summed E-state index contributed by atoms with van der Waals surface area (Å²) in [5.74, 6) is 1.60. The Kier molecular flexibility index (Phi) is 5.77. The molecular formula is C14H27N5O3S. The van der Waals surface area contributed by atoms with Gasteiger partial charge in [-0.2, -0.15) is 5.10 Å². The lowest BCUT2D eigenvalue weighted by Crippen LogP contribution is -2.43. The zero-order valence-corrected chi connectivity index (χ0v) is 15.1. The molecule has 23 heavy (non-hydrogen) atoms. The molecule has 2 heterocycles. The summed E-state index contributed by atoms with van der Waals surface area (Å²) in [4.78, 5) is 6.71. The average Bonchev–Trinajstić information content (AvgIpc) is 2.97. The summed E-state index contributed by atoms with van der Waals surface area (Å²) in [5.41, 5.74) is -0.110. The maximum Gasteiger partial charge on any atom is 0.211 e. The zero-order chi connectivity index (χ0) is 17.1. The van der Waals surface area contributed by atoms with Crippen LogP contribution in [0.1, 0.15) is 45.4 Å². The molecule has 1 aromatic rings. The van der Waals surface area contributed by atoms with Crippen molar-refractivity contribution in [2.24, 2.45) is 0 Å². The van der Waals surface area contributed by atoms with Gasteiger partial charge in [0.2, 0.25) is 10.0 Å². The van der Waals surface area contributed by atoms with E-state index in [2.05, 4.69) is 45.6 Å². The quantitative estimate of drug-likeness (QED) is 0.775. The smallest absolute Gasteiger partial charge is 0.211 e. The number of nitrogens with zero attached hydrogens (tertiary/aromatic N) is 3. The fourth-order valence-corrected chi connectivity index (χ4v) is 2.89. The third-order valence-electron chi connectivity index (χ3n) is 3.76. The van der Waals surface area contributed by atoms with Crippen LogP contribution in [0.5, 0.6) is 0 Å². The van der Waals surface area contributed by atoms with E-state index < -0.39 is 10.0 Å². The SMILES string of the molecule is CCS(=O)(=O)NCCN1CCOC(c2nc(C(C)(C)C)n[nH]2)C1. The van der Waals surface area contributed by atoms with Crippen LogP contribution in [0.25, 0.3) is 0 Å². The number of morpholine rings is 1. The van der Waals surface area contributed by atoms with E-state index in [1.165, 1.54) is 0 Å². The van der Waals surface area contributed by atoms with Crippen LogP contribution in [0.2, 0.25) is 0 Å². The molecule has 1 aliphatic rings. The van der Waals surface area contributed by atoms with Crippen LogP contribution in [0.4, 0.5) is 0 Å². The molecule has 0 aliphatic carbocycles. The van der Waals surface area contributed by atoms with Gasteiger partial charge in [0.1, 0.15) is 6.10 Å². The van der Waals surface area contributed by atoms with Crippen LogP contribution < -0.4 is 4.72 Å². The number of hydrogen-bond donors (Lipinski definition) is 2. The Morgan fingerprint density at radius 2 is 2.17 bits per heavy atom. The lowest BCUT2D eigenvalue weighted by atomic mass is 9.96. The maximum absolute atomic E-state index is 11.4. The third-order valence-corrected chi connectivity index (χ3v) is 5.16. The second-order valence-electron chi connectivity index (χ2n) is 6.75. The third kappa shape index (κ3) is 5.23. The molecule has 0 bridgehead atoms. The normalized spacial score (nSPS) is 20.8. The number of aromatic nitrogens is 3. The van der Waals surface area contributed by atoms with E-state index in [1.54, 1.807) is 6.92 Å². The van der Waals surface area contributed by atoms with E-state index >= 15 is 0 Å². The van der Waals surface area contributed by atoms with Gasteiger partial charge >= 0.3 is 0 Å². The van der Waals surface area contributed by atoms with Gasteiger partial charge in [0.05, 0.1) is 12.4 Å². The second kappa shape index (κ2) is 7.25. The van der Waals surface area contributed by atoms with Crippen LogP contribution in [-0.4, -0.2) is 67.0 Å². The van der Waals surface area contributed by atoms with Crippen molar-refractivity contribution in [1.82, 2.24) is 24.8 Å². The molecule has 8 nitrogen and oxygen atoms in total. The molecule has 9 heteroatoms. The predicted molar refractivity (Wildman–Crippen MR) is 87.7 cm³/mol. The van der Waals surface area contributed by atoms with Crippen molar-refractivity contribution >= 4 is 10.0 Å². The molecule has 1 fully saturated rings. The van der Waals surface area contributed by atoms with Crippen LogP contribution >= 0.6 is 0 Å². The molecule has 2 N–H and O–H groups in total. The first-order valence-corrected chi connectivity index (χ1v) is 9.60. The summed E-state index contributed by atoms with van der Waals surface area (Å²) in [6.07, 6.45) is -0.157. The summed E-state index contributed by atoms with van der Waals surface area (Å²) in [6.45, 7) is 10.9. The van der Waals surface area contributed by atoms with E-state index in [1.807, 2.05) is 0 Å². The Balaban J connectivity index is 1.89. The predicted octanol–water partition coefficient (Wildman–Crippen LogP) is 0.415. The molecule has 0 spiro atoms. The Hall–Kier alpha value is -1.03. The van der Waals surface area contributed by atoms with E-state index in [0.717, 1.165) is 18.2 Å². The highest BCUT2D eigenvalue weighted by molar-refractivity contribution is 7.89. The van der Waals surface area contributed by atoms with Crippen molar-refractivity contribution in [2.75, 3.05) is 38.5 Å². The van der Waals surface area contributed by atoms with Crippen molar-refractivity contribution in [3.8, 4) is 0 Å². The molecule has 0 saturated carbocycles. The molecule has 0 aromatic carbocycles. The zero-order valence-electron chi connectivity index (χ0n) is 14.3. The summed E-state index contributed by atoms with van der Waals surface area (Å²) >= 11 is 0. The summed E-state index contributed by atoms with van der Waals surface area (Å²) in [7, 11) is -3.14. The van der Waals surface area contributed by atoms with Gasteiger partial charge < -0.3 is 4.74 Å². The van der Waals surface area contributed by atoms with E-state index in [4.69, 9.17) is 4.74 Å². The minimum atomic E-state index is -3.14. The standard InChI is InChI=1S/C14H27N5O3S/c1-5-23(20,21)15-6-7-19-8-9-22-11(10-19)12-16-13(18-17-12)14(2,3)4/h11,15H,5-10H2,1-4H3,(H,16,17,18). The van der Waals surface area contributed by atoms with Crippen molar-refractivity contribution < 1.29 is 13.2 Å². The first kappa shape index (κ1) is 18.3. The topological polar surface area (TPSA) is 100 Å². The molecule has 1 unspecified atom stereocenters. The molecular weight excluding hydrogens is 318 g/mol. The molecule has 1 atom stereocenters. The number of hydrogen-bond acceptors (Lipinski definition) is 6. The number of H-pyrrole nitrogens is 1. The second-order valence-corrected chi connectivity index (χ2v) is 8.85. The maximum atomic E-state index is 11.4. The first-order valence-electron chi connectivity index (χ1n) is 7.95. The fourth-order valence-electron chi connectivity index (χ4n) is 2.29. The highest BCUT2D eigenvalue weighted by Gasteiger charge is 2.27. The van der Waals surface area contributed by atoms with Gasteiger partial charge in [0.15, 0.2) is 11.6 Å². The molecule has 2 rings (SSSR count). The Labute approximate surface area is 138 Å². The molecule has 132 valence electrons. The Bertz CT molecular complexity index is 608. The van der Waals surface area contributed by atoms with Gasteiger partial charge in [0, 0.05) is 31.6 Å². The lowest BCUT2D eigenvalue weighted by Gasteiger charge is -2.31. The molecule has 1 saturated heterocycles. The lowest BCUT2D eigenvalue weighted by molar-refractivity contribution is -0.0333. The molecule has 0 amide bonds. The van der Waals surface area contributed by atoms with Crippen molar-refractivity contribution in [1.29, 1.82) is 0 Å². The van der Waals surface area contributed by atoms with Gasteiger partial charge in [0.25, 0.3) is 0 Å². The monoisotopic (exact) mass is 345 g/mol. The van der Waals surface area contributed by atoms with Crippen LogP contribution in [-0.2, 0) is 20.2 Å². The average molecular weight is 345 g/mol. The molecule has 1 aliphatic heterocycles. The van der Waals surface area contributed by atoms with Crippen molar-refractivity contribution in [3.63, 3.8) is 0 Å². The Morgan fingerprint density at radius 1 is 1.43 bits per heavy atom. The largest absolute Gasteiger partial charge is 0.368 e. The highest BCUT2D eigenvalue weighted by atomic mass is 32.2. The summed E-state index contributed by atoms with van der Waals surface area (Å²) < 4.78 is 31.3. The van der Waals surface area contributed by atoms with Crippen LogP contribution in [0.15, 0.2) is 0 Å². The van der Waals surface area contributed by atoms with Crippen molar-refractivity contribution in [3.05, 3.63) is 11.6 Å². The van der Waals surface area contributed by atoms with Gasteiger partial charge in [-0.3, -0.25) is 10.00 Å². The van der Waals surface area contributed by atoms with E-state index in [9.17, 15) is 8.42 Å². The van der Waals surface area contributed by atoms with Gasteiger partial charge in [-0.15, -0.1) is 0 Å². The Morgan fingerprint density at radius 3 is 2.78 bits per heavy atom. The van der Waals surface area contributed by atoms with E-state index in [-0.39, 0.29) is 17.3 Å². The summed E-state index contributed by atoms with van der Waals surface area (Å²) in [6, 6.07) is 0. The number of aromatic amines is 1. The van der Waals surface area contributed by atoms with Gasteiger partial charge in [-0.05, 0) is 6.92 Å². The van der Waals surface area contributed by atoms with E-state index in [0.29, 0.717) is 26.2 Å². The molecule has 0 radical (unpaired) electrons. The van der Waals surface area contributed by atoms with Gasteiger partial charge in [-0.1, -0.05) is 20.8 Å². The van der Waals surface area contributed by atoms with Crippen molar-refractivity contribution in [2.45, 2.75) is 39.2 Å². The van der Waals surface area contributed by atoms with Gasteiger partial charge in [-0.25, -0.2) is 18.1 Å². The molecule has 1 aromatic heterocycles. The minimum Gasteiger partial charge on any atom is -0.368 e. The number of nitrogens with one attached hydrogen (secondary N) is 2. The fraction of sp³-hybridized carbons (Fsp3) is 0.857.